The fourth-order valence-electron chi connectivity index (χ4n) is 3.78. The van der Waals surface area contributed by atoms with Crippen LogP contribution >= 0.6 is 0 Å². The van der Waals surface area contributed by atoms with E-state index in [0.717, 1.165) is 5.56 Å². The van der Waals surface area contributed by atoms with Crippen LogP contribution in [0.2, 0.25) is 0 Å². The lowest BCUT2D eigenvalue weighted by atomic mass is 10.1. The Morgan fingerprint density at radius 1 is 0.909 bits per heavy atom. The molecule has 0 saturated carbocycles. The van der Waals surface area contributed by atoms with Gasteiger partial charge in [0.2, 0.25) is 0 Å². The maximum atomic E-state index is 12.8. The molecule has 8 heteroatoms. The molecule has 0 spiro atoms. The van der Waals surface area contributed by atoms with Gasteiger partial charge >= 0.3 is 0 Å². The summed E-state index contributed by atoms with van der Waals surface area (Å²) in [6.45, 7) is 1.66. The van der Waals surface area contributed by atoms with Crippen LogP contribution < -0.4 is 25.4 Å². The molecule has 0 unspecified atom stereocenters. The molecule has 0 fully saturated rings. The minimum absolute atomic E-state index is 0.247. The summed E-state index contributed by atoms with van der Waals surface area (Å²) >= 11 is 0. The van der Waals surface area contributed by atoms with E-state index < -0.39 is 12.2 Å². The summed E-state index contributed by atoms with van der Waals surface area (Å²) in [7, 11) is 0. The molecule has 0 aliphatic carbocycles. The summed E-state index contributed by atoms with van der Waals surface area (Å²) < 4.78 is 11.3. The molecule has 2 aliphatic rings. The summed E-state index contributed by atoms with van der Waals surface area (Å²) in [5.74, 6) is 0.382. The first kappa shape index (κ1) is 20.6. The highest BCUT2D eigenvalue weighted by Crippen LogP contribution is 2.32. The van der Waals surface area contributed by atoms with E-state index in [-0.39, 0.29) is 17.7 Å². The van der Waals surface area contributed by atoms with Crippen molar-refractivity contribution in [3.63, 3.8) is 0 Å². The van der Waals surface area contributed by atoms with E-state index >= 15 is 0 Å². The second kappa shape index (κ2) is 8.31. The molecule has 5 rings (SSSR count). The van der Waals surface area contributed by atoms with Crippen molar-refractivity contribution >= 4 is 34.8 Å². The summed E-state index contributed by atoms with van der Waals surface area (Å²) in [6.07, 6.45) is -0.685. The number of fused-ring (bicyclic) bond motifs is 2. The zero-order chi connectivity index (χ0) is 22.9. The standard InChI is InChI=1S/C25H21N3O5/c1-14-23(29)28-19-13-18(9-10-21(19)32-14)26-24(30)16-6-4-7-17(11-16)27-25(31)22-12-15-5-2-3-8-20(15)33-22/h2-11,13-14,22H,12H2,1H3,(H,26,30)(H,27,31)(H,28,29)/t14-,22+/m1/s1. The third kappa shape index (κ3) is 4.23. The Labute approximate surface area is 189 Å². The number of benzene rings is 3. The van der Waals surface area contributed by atoms with Crippen molar-refractivity contribution in [2.75, 3.05) is 16.0 Å². The average molecular weight is 443 g/mol. The number of carbonyl (C=O) groups excluding carboxylic acids is 3. The van der Waals surface area contributed by atoms with Gasteiger partial charge in [0.05, 0.1) is 5.69 Å². The minimum atomic E-state index is -0.615. The number of nitrogens with one attached hydrogen (secondary N) is 3. The largest absolute Gasteiger partial charge is 0.480 e. The average Bonchev–Trinajstić information content (AvgIpc) is 3.25. The van der Waals surface area contributed by atoms with E-state index in [2.05, 4.69) is 16.0 Å². The van der Waals surface area contributed by atoms with E-state index in [1.54, 1.807) is 49.4 Å². The lowest BCUT2D eigenvalue weighted by molar-refractivity contribution is -0.123. The lowest BCUT2D eigenvalue weighted by Crippen LogP contribution is -2.34. The monoisotopic (exact) mass is 443 g/mol. The van der Waals surface area contributed by atoms with Crippen molar-refractivity contribution in [1.82, 2.24) is 0 Å². The smallest absolute Gasteiger partial charge is 0.265 e. The maximum absolute atomic E-state index is 12.8. The summed E-state index contributed by atoms with van der Waals surface area (Å²) in [4.78, 5) is 37.3. The molecule has 0 bridgehead atoms. The highest BCUT2D eigenvalue weighted by molar-refractivity contribution is 6.06. The van der Waals surface area contributed by atoms with Gasteiger partial charge in [-0.05, 0) is 55.0 Å². The van der Waals surface area contributed by atoms with Gasteiger partial charge in [-0.25, -0.2) is 0 Å². The molecule has 0 saturated heterocycles. The van der Waals surface area contributed by atoms with Crippen molar-refractivity contribution < 1.29 is 23.9 Å². The quantitative estimate of drug-likeness (QED) is 0.571. The highest BCUT2D eigenvalue weighted by Gasteiger charge is 2.29. The molecule has 8 nitrogen and oxygen atoms in total. The van der Waals surface area contributed by atoms with Gasteiger partial charge in [0.1, 0.15) is 11.5 Å². The van der Waals surface area contributed by atoms with Crippen molar-refractivity contribution in [2.45, 2.75) is 25.6 Å². The van der Waals surface area contributed by atoms with Gasteiger partial charge in [-0.2, -0.15) is 0 Å². The molecular formula is C25H21N3O5. The van der Waals surface area contributed by atoms with Crippen molar-refractivity contribution in [3.05, 3.63) is 77.9 Å². The lowest BCUT2D eigenvalue weighted by Gasteiger charge is -2.23. The second-order valence-electron chi connectivity index (χ2n) is 7.90. The van der Waals surface area contributed by atoms with Crippen LogP contribution in [0, 0.1) is 0 Å². The van der Waals surface area contributed by atoms with Crippen LogP contribution in [-0.4, -0.2) is 29.9 Å². The van der Waals surface area contributed by atoms with Crippen molar-refractivity contribution in [1.29, 1.82) is 0 Å². The van der Waals surface area contributed by atoms with Crippen LogP contribution in [0.1, 0.15) is 22.8 Å². The fourth-order valence-corrected chi connectivity index (χ4v) is 3.78. The van der Waals surface area contributed by atoms with Gasteiger partial charge in [0.25, 0.3) is 17.7 Å². The molecular weight excluding hydrogens is 422 g/mol. The predicted octanol–water partition coefficient (Wildman–Crippen LogP) is 3.60. The number of hydrogen-bond donors (Lipinski definition) is 3. The van der Waals surface area contributed by atoms with E-state index in [1.807, 2.05) is 24.3 Å². The van der Waals surface area contributed by atoms with Crippen LogP contribution in [0.15, 0.2) is 66.7 Å². The minimum Gasteiger partial charge on any atom is -0.480 e. The molecule has 2 aliphatic heterocycles. The van der Waals surface area contributed by atoms with E-state index in [4.69, 9.17) is 9.47 Å². The molecule has 3 aromatic rings. The molecule has 0 radical (unpaired) electrons. The molecule has 3 amide bonds. The van der Waals surface area contributed by atoms with Crippen LogP contribution in [0.4, 0.5) is 17.1 Å². The van der Waals surface area contributed by atoms with Crippen molar-refractivity contribution in [2.24, 2.45) is 0 Å². The summed E-state index contributed by atoms with van der Waals surface area (Å²) in [6, 6.07) is 19.2. The Balaban J connectivity index is 1.25. The number of ether oxygens (including phenoxy) is 2. The number of amides is 3. The number of anilines is 3. The van der Waals surface area contributed by atoms with Gasteiger partial charge in [-0.1, -0.05) is 24.3 Å². The zero-order valence-electron chi connectivity index (χ0n) is 17.8. The van der Waals surface area contributed by atoms with Gasteiger partial charge in [0.15, 0.2) is 12.2 Å². The van der Waals surface area contributed by atoms with Crippen LogP contribution in [0.3, 0.4) is 0 Å². The zero-order valence-corrected chi connectivity index (χ0v) is 17.8. The highest BCUT2D eigenvalue weighted by atomic mass is 16.5. The van der Waals surface area contributed by atoms with Crippen LogP contribution in [0.25, 0.3) is 0 Å². The van der Waals surface area contributed by atoms with E-state index in [0.29, 0.717) is 40.5 Å². The van der Waals surface area contributed by atoms with Crippen LogP contribution in [-0.2, 0) is 16.0 Å². The molecule has 0 aromatic heterocycles. The van der Waals surface area contributed by atoms with E-state index in [9.17, 15) is 14.4 Å². The van der Waals surface area contributed by atoms with Gasteiger partial charge < -0.3 is 25.4 Å². The Morgan fingerprint density at radius 2 is 1.73 bits per heavy atom. The van der Waals surface area contributed by atoms with E-state index in [1.165, 1.54) is 0 Å². The first-order chi connectivity index (χ1) is 16.0. The van der Waals surface area contributed by atoms with Gasteiger partial charge in [-0.15, -0.1) is 0 Å². The molecule has 33 heavy (non-hydrogen) atoms. The normalized spacial score (nSPS) is 18.2. The van der Waals surface area contributed by atoms with Gasteiger partial charge in [-0.3, -0.25) is 14.4 Å². The molecule has 2 heterocycles. The topological polar surface area (TPSA) is 106 Å². The number of rotatable bonds is 4. The van der Waals surface area contributed by atoms with Gasteiger partial charge in [0, 0.05) is 23.4 Å². The SMILES string of the molecule is C[C@H]1Oc2ccc(NC(=O)c3cccc(NC(=O)[C@@H]4Cc5ccccc5O4)c3)cc2NC1=O. The summed E-state index contributed by atoms with van der Waals surface area (Å²) in [5, 5.41) is 8.37. The Kier molecular flexibility index (Phi) is 5.18. The number of carbonyl (C=O) groups is 3. The molecule has 3 aromatic carbocycles. The first-order valence-electron chi connectivity index (χ1n) is 10.5. The Hall–Kier alpha value is -4.33. The Bertz CT molecular complexity index is 1250. The Morgan fingerprint density at radius 3 is 2.58 bits per heavy atom. The molecule has 166 valence electrons. The number of hydrogen-bond acceptors (Lipinski definition) is 5. The first-order valence-corrected chi connectivity index (χ1v) is 10.5. The second-order valence-corrected chi connectivity index (χ2v) is 7.90. The fraction of sp³-hybridized carbons (Fsp3) is 0.160. The third-order valence-corrected chi connectivity index (χ3v) is 5.50. The van der Waals surface area contributed by atoms with Crippen LogP contribution in [0.5, 0.6) is 11.5 Å². The van der Waals surface area contributed by atoms with Crippen molar-refractivity contribution in [3.8, 4) is 11.5 Å². The maximum Gasteiger partial charge on any atom is 0.265 e. The molecule has 2 atom stereocenters. The predicted molar refractivity (Wildman–Crippen MR) is 123 cm³/mol. The summed E-state index contributed by atoms with van der Waals surface area (Å²) in [5.41, 5.74) is 2.85. The third-order valence-electron chi connectivity index (χ3n) is 5.50. The number of para-hydroxylation sites is 1. The molecule has 3 N–H and O–H groups in total.